The Morgan fingerprint density at radius 3 is 2.41 bits per heavy atom. The quantitative estimate of drug-likeness (QED) is 0.642. The van der Waals surface area contributed by atoms with Crippen LogP contribution in [0.15, 0.2) is 17.2 Å². The van der Waals surface area contributed by atoms with Gasteiger partial charge in [0.2, 0.25) is 15.8 Å². The zero-order valence-electron chi connectivity index (χ0n) is 12.2. The van der Waals surface area contributed by atoms with E-state index < -0.39 is 20.6 Å². The molecule has 1 aromatic heterocycles. The van der Waals surface area contributed by atoms with E-state index in [9.17, 15) is 18.5 Å². The van der Waals surface area contributed by atoms with Gasteiger partial charge in [-0.15, -0.1) is 0 Å². The Morgan fingerprint density at radius 2 is 1.82 bits per heavy atom. The molecule has 1 fully saturated rings. The van der Waals surface area contributed by atoms with Crippen molar-refractivity contribution < 1.29 is 13.3 Å². The molecule has 8 nitrogen and oxygen atoms in total. The SMILES string of the molecule is Nc1ncc(S(=O)(=O)NC2CCCCCCC2)cc1[N+](=O)[O-]. The largest absolute Gasteiger partial charge is 0.378 e. The fourth-order valence-corrected chi connectivity index (χ4v) is 3.87. The van der Waals surface area contributed by atoms with Crippen molar-refractivity contribution in [2.24, 2.45) is 0 Å². The molecule has 1 saturated carbocycles. The minimum atomic E-state index is -3.83. The molecule has 122 valence electrons. The van der Waals surface area contributed by atoms with Crippen molar-refractivity contribution in [3.63, 3.8) is 0 Å². The molecule has 1 aliphatic rings. The Bertz CT molecular complexity index is 639. The van der Waals surface area contributed by atoms with Gasteiger partial charge >= 0.3 is 5.69 Å². The van der Waals surface area contributed by atoms with Crippen molar-refractivity contribution in [3.05, 3.63) is 22.4 Å². The van der Waals surface area contributed by atoms with Gasteiger partial charge in [-0.05, 0) is 12.8 Å². The monoisotopic (exact) mass is 328 g/mol. The van der Waals surface area contributed by atoms with E-state index in [0.717, 1.165) is 50.8 Å². The molecule has 0 atom stereocenters. The number of hydrogen-bond donors (Lipinski definition) is 2. The van der Waals surface area contributed by atoms with Crippen LogP contribution in [0.5, 0.6) is 0 Å². The number of pyridine rings is 1. The van der Waals surface area contributed by atoms with E-state index in [-0.39, 0.29) is 16.8 Å². The average Bonchev–Trinajstić information content (AvgIpc) is 2.41. The van der Waals surface area contributed by atoms with Crippen LogP contribution in [0.2, 0.25) is 0 Å². The smallest absolute Gasteiger partial charge is 0.312 e. The molecule has 0 radical (unpaired) electrons. The van der Waals surface area contributed by atoms with Crippen LogP contribution in [0, 0.1) is 10.1 Å². The van der Waals surface area contributed by atoms with Crippen molar-refractivity contribution in [2.75, 3.05) is 5.73 Å². The molecule has 0 unspecified atom stereocenters. The highest BCUT2D eigenvalue weighted by Crippen LogP contribution is 2.23. The molecule has 0 bridgehead atoms. The molecule has 0 aromatic carbocycles. The lowest BCUT2D eigenvalue weighted by Crippen LogP contribution is -2.35. The highest BCUT2D eigenvalue weighted by molar-refractivity contribution is 7.89. The van der Waals surface area contributed by atoms with E-state index >= 15 is 0 Å². The van der Waals surface area contributed by atoms with Gasteiger partial charge in [-0.2, -0.15) is 0 Å². The lowest BCUT2D eigenvalue weighted by Gasteiger charge is -2.20. The minimum absolute atomic E-state index is 0.137. The predicted molar refractivity (Wildman–Crippen MR) is 81.7 cm³/mol. The molecule has 22 heavy (non-hydrogen) atoms. The summed E-state index contributed by atoms with van der Waals surface area (Å²) in [5.74, 6) is -0.296. The summed E-state index contributed by atoms with van der Waals surface area (Å²) in [6.45, 7) is 0. The van der Waals surface area contributed by atoms with Gasteiger partial charge < -0.3 is 5.73 Å². The van der Waals surface area contributed by atoms with Gasteiger partial charge in [-0.25, -0.2) is 18.1 Å². The minimum Gasteiger partial charge on any atom is -0.378 e. The van der Waals surface area contributed by atoms with Gasteiger partial charge in [0.1, 0.15) is 4.90 Å². The van der Waals surface area contributed by atoms with Crippen LogP contribution in [0.4, 0.5) is 11.5 Å². The van der Waals surface area contributed by atoms with Crippen molar-refractivity contribution in [1.82, 2.24) is 9.71 Å². The number of sulfonamides is 1. The first-order valence-corrected chi connectivity index (χ1v) is 8.81. The lowest BCUT2D eigenvalue weighted by molar-refractivity contribution is -0.384. The Morgan fingerprint density at radius 1 is 1.23 bits per heavy atom. The topological polar surface area (TPSA) is 128 Å². The zero-order chi connectivity index (χ0) is 16.2. The van der Waals surface area contributed by atoms with Gasteiger partial charge in [0.05, 0.1) is 4.92 Å². The Labute approximate surface area is 129 Å². The zero-order valence-corrected chi connectivity index (χ0v) is 13.0. The number of nitrogens with one attached hydrogen (secondary N) is 1. The molecule has 9 heteroatoms. The molecular formula is C13H20N4O4S. The van der Waals surface area contributed by atoms with Crippen molar-refractivity contribution in [1.29, 1.82) is 0 Å². The van der Waals surface area contributed by atoms with Crippen LogP contribution in [0.3, 0.4) is 0 Å². The number of nitrogens with two attached hydrogens (primary N) is 1. The van der Waals surface area contributed by atoms with Crippen molar-refractivity contribution in [3.8, 4) is 0 Å². The van der Waals surface area contributed by atoms with Gasteiger partial charge in [0.25, 0.3) is 0 Å². The second-order valence-corrected chi connectivity index (χ2v) is 7.21. The Balaban J connectivity index is 2.18. The van der Waals surface area contributed by atoms with Crippen LogP contribution < -0.4 is 10.5 Å². The molecule has 1 aromatic rings. The number of aromatic nitrogens is 1. The maximum atomic E-state index is 12.4. The molecular weight excluding hydrogens is 308 g/mol. The Hall–Kier alpha value is -1.74. The second-order valence-electron chi connectivity index (χ2n) is 5.50. The summed E-state index contributed by atoms with van der Waals surface area (Å²) in [6.07, 6.45) is 7.97. The summed E-state index contributed by atoms with van der Waals surface area (Å²) >= 11 is 0. The summed E-state index contributed by atoms with van der Waals surface area (Å²) in [6, 6.07) is 0.815. The van der Waals surface area contributed by atoms with Crippen LogP contribution in [-0.4, -0.2) is 24.4 Å². The van der Waals surface area contributed by atoms with Gasteiger partial charge in [0, 0.05) is 18.3 Å². The molecule has 2 rings (SSSR count). The number of nitrogen functional groups attached to an aromatic ring is 1. The maximum Gasteiger partial charge on any atom is 0.312 e. The first kappa shape index (κ1) is 16.6. The third-order valence-corrected chi connectivity index (χ3v) is 5.29. The van der Waals surface area contributed by atoms with E-state index in [1.807, 2.05) is 0 Å². The Kier molecular flexibility index (Phi) is 5.30. The summed E-state index contributed by atoms with van der Waals surface area (Å²) < 4.78 is 27.4. The van der Waals surface area contributed by atoms with Crippen LogP contribution in [0.1, 0.15) is 44.9 Å². The second kappa shape index (κ2) is 7.01. The molecule has 0 amide bonds. The van der Waals surface area contributed by atoms with Gasteiger partial charge in [0.15, 0.2) is 0 Å². The number of rotatable bonds is 4. The molecule has 1 aliphatic carbocycles. The molecule has 1 heterocycles. The number of anilines is 1. The van der Waals surface area contributed by atoms with E-state index in [2.05, 4.69) is 9.71 Å². The third-order valence-electron chi connectivity index (χ3n) is 3.81. The van der Waals surface area contributed by atoms with Crippen LogP contribution in [-0.2, 0) is 10.0 Å². The summed E-state index contributed by atoms with van der Waals surface area (Å²) in [7, 11) is -3.83. The first-order chi connectivity index (χ1) is 10.4. The first-order valence-electron chi connectivity index (χ1n) is 7.32. The maximum absolute atomic E-state index is 12.4. The van der Waals surface area contributed by atoms with E-state index in [4.69, 9.17) is 5.73 Å². The highest BCUT2D eigenvalue weighted by Gasteiger charge is 2.24. The van der Waals surface area contributed by atoms with Gasteiger partial charge in [-0.1, -0.05) is 32.1 Å². The summed E-state index contributed by atoms with van der Waals surface area (Å²) in [5.41, 5.74) is 4.89. The molecule has 3 N–H and O–H groups in total. The molecule has 0 saturated heterocycles. The lowest BCUT2D eigenvalue weighted by atomic mass is 9.97. The molecule has 0 spiro atoms. The number of nitro groups is 1. The summed E-state index contributed by atoms with van der Waals surface area (Å²) in [5, 5.41) is 10.8. The van der Waals surface area contributed by atoms with Gasteiger partial charge in [-0.3, -0.25) is 10.1 Å². The molecule has 0 aliphatic heterocycles. The normalized spacial score (nSPS) is 17.6. The van der Waals surface area contributed by atoms with E-state index in [1.165, 1.54) is 6.42 Å². The number of hydrogen-bond acceptors (Lipinski definition) is 6. The fraction of sp³-hybridized carbons (Fsp3) is 0.615. The van der Waals surface area contributed by atoms with Crippen LogP contribution in [0.25, 0.3) is 0 Å². The predicted octanol–water partition coefficient (Wildman–Crippen LogP) is 1.96. The van der Waals surface area contributed by atoms with Crippen molar-refractivity contribution in [2.45, 2.75) is 55.9 Å². The van der Waals surface area contributed by atoms with E-state index in [1.54, 1.807) is 0 Å². The highest BCUT2D eigenvalue weighted by atomic mass is 32.2. The van der Waals surface area contributed by atoms with E-state index in [0.29, 0.717) is 0 Å². The third kappa shape index (κ3) is 4.14. The average molecular weight is 328 g/mol. The number of nitrogens with zero attached hydrogens (tertiary/aromatic N) is 2. The van der Waals surface area contributed by atoms with Crippen LogP contribution >= 0.6 is 0 Å². The standard InChI is InChI=1S/C13H20N4O4S/c14-13-12(17(18)19)8-11(9-15-13)22(20,21)16-10-6-4-2-1-3-5-7-10/h8-10,16H,1-7H2,(H2,14,15). The van der Waals surface area contributed by atoms with Crippen molar-refractivity contribution >= 4 is 21.5 Å². The summed E-state index contributed by atoms with van der Waals surface area (Å²) in [4.78, 5) is 13.5. The fourth-order valence-electron chi connectivity index (χ4n) is 2.60.